The zero-order valence-corrected chi connectivity index (χ0v) is 14.2. The van der Waals surface area contributed by atoms with Crippen LogP contribution in [0.2, 0.25) is 0 Å². The highest BCUT2D eigenvalue weighted by molar-refractivity contribution is 5.76. The van der Waals surface area contributed by atoms with E-state index in [1.165, 1.54) is 0 Å². The summed E-state index contributed by atoms with van der Waals surface area (Å²) in [6, 6.07) is 7.64. The maximum absolute atomic E-state index is 12.3. The first kappa shape index (κ1) is 16.5. The minimum Gasteiger partial charge on any atom is -0.497 e. The molecule has 1 aromatic carbocycles. The molecule has 0 radical (unpaired) electrons. The number of benzene rings is 1. The molecule has 1 saturated heterocycles. The number of hydrogen-bond acceptors (Lipinski definition) is 5. The number of oxazole rings is 1. The smallest absolute Gasteiger partial charge is 0.223 e. The SMILES string of the molecule is COc1cccc(-c2cnc(CCC(=O)N3CCN(C)CC3)o2)c1. The van der Waals surface area contributed by atoms with Crippen molar-refractivity contribution in [3.8, 4) is 17.1 Å². The molecule has 0 atom stereocenters. The van der Waals surface area contributed by atoms with Crippen LogP contribution in [0.15, 0.2) is 34.9 Å². The zero-order chi connectivity index (χ0) is 16.9. The number of likely N-dealkylation sites (N-methyl/N-ethyl adjacent to an activating group) is 1. The average Bonchev–Trinajstić information content (AvgIpc) is 3.09. The molecule has 0 bridgehead atoms. The van der Waals surface area contributed by atoms with Crippen molar-refractivity contribution >= 4 is 5.91 Å². The lowest BCUT2D eigenvalue weighted by molar-refractivity contribution is -0.132. The normalized spacial score (nSPS) is 15.5. The summed E-state index contributed by atoms with van der Waals surface area (Å²) in [5.74, 6) is 2.23. The minimum absolute atomic E-state index is 0.171. The van der Waals surface area contributed by atoms with Crippen molar-refractivity contribution in [2.24, 2.45) is 0 Å². The van der Waals surface area contributed by atoms with E-state index in [9.17, 15) is 4.79 Å². The fourth-order valence-electron chi connectivity index (χ4n) is 2.76. The van der Waals surface area contributed by atoms with Crippen LogP contribution in [0, 0.1) is 0 Å². The summed E-state index contributed by atoms with van der Waals surface area (Å²) in [6.45, 7) is 3.47. The predicted octanol–water partition coefficient (Wildman–Crippen LogP) is 2.06. The lowest BCUT2D eigenvalue weighted by Gasteiger charge is -2.32. The molecule has 1 aliphatic rings. The van der Waals surface area contributed by atoms with Gasteiger partial charge < -0.3 is 19.0 Å². The van der Waals surface area contributed by atoms with Gasteiger partial charge in [-0.3, -0.25) is 4.79 Å². The van der Waals surface area contributed by atoms with Crippen LogP contribution < -0.4 is 4.74 Å². The van der Waals surface area contributed by atoms with E-state index in [1.807, 2.05) is 29.2 Å². The van der Waals surface area contributed by atoms with Crippen LogP contribution in [0.25, 0.3) is 11.3 Å². The maximum atomic E-state index is 12.3. The number of aromatic nitrogens is 1. The van der Waals surface area contributed by atoms with E-state index < -0.39 is 0 Å². The number of aryl methyl sites for hydroxylation is 1. The van der Waals surface area contributed by atoms with Gasteiger partial charge in [0.15, 0.2) is 11.7 Å². The molecular weight excluding hydrogens is 306 g/mol. The first-order valence-corrected chi connectivity index (χ1v) is 8.21. The number of hydrogen-bond donors (Lipinski definition) is 0. The van der Waals surface area contributed by atoms with E-state index in [0.717, 1.165) is 37.5 Å². The second-order valence-corrected chi connectivity index (χ2v) is 6.03. The number of piperazine rings is 1. The highest BCUT2D eigenvalue weighted by Gasteiger charge is 2.19. The summed E-state index contributed by atoms with van der Waals surface area (Å²) in [7, 11) is 3.71. The van der Waals surface area contributed by atoms with Crippen molar-refractivity contribution in [1.29, 1.82) is 0 Å². The molecule has 1 aliphatic heterocycles. The summed E-state index contributed by atoms with van der Waals surface area (Å²) in [4.78, 5) is 20.7. The predicted molar refractivity (Wildman–Crippen MR) is 90.9 cm³/mol. The van der Waals surface area contributed by atoms with Gasteiger partial charge in [-0.25, -0.2) is 4.98 Å². The summed E-state index contributed by atoms with van der Waals surface area (Å²) in [6.07, 6.45) is 2.65. The molecule has 0 N–H and O–H groups in total. The number of amides is 1. The molecule has 128 valence electrons. The number of methoxy groups -OCH3 is 1. The molecule has 0 aliphatic carbocycles. The van der Waals surface area contributed by atoms with Gasteiger partial charge in [0.25, 0.3) is 0 Å². The number of carbonyl (C=O) groups is 1. The highest BCUT2D eigenvalue weighted by atomic mass is 16.5. The van der Waals surface area contributed by atoms with Crippen LogP contribution in [0.4, 0.5) is 0 Å². The second-order valence-electron chi connectivity index (χ2n) is 6.03. The number of ether oxygens (including phenoxy) is 1. The lowest BCUT2D eigenvalue weighted by Crippen LogP contribution is -2.47. The van der Waals surface area contributed by atoms with Crippen molar-refractivity contribution in [2.45, 2.75) is 12.8 Å². The van der Waals surface area contributed by atoms with Gasteiger partial charge in [-0.15, -0.1) is 0 Å². The quantitative estimate of drug-likeness (QED) is 0.840. The number of nitrogens with zero attached hydrogens (tertiary/aromatic N) is 3. The molecule has 2 aromatic rings. The van der Waals surface area contributed by atoms with Gasteiger partial charge in [0, 0.05) is 44.6 Å². The van der Waals surface area contributed by atoms with Gasteiger partial charge >= 0.3 is 0 Å². The Labute approximate surface area is 142 Å². The van der Waals surface area contributed by atoms with Crippen LogP contribution in [0.3, 0.4) is 0 Å². The molecule has 24 heavy (non-hydrogen) atoms. The van der Waals surface area contributed by atoms with Crippen molar-refractivity contribution in [3.63, 3.8) is 0 Å². The second kappa shape index (κ2) is 7.49. The van der Waals surface area contributed by atoms with Gasteiger partial charge in [-0.2, -0.15) is 0 Å². The fourth-order valence-corrected chi connectivity index (χ4v) is 2.76. The third-order valence-electron chi connectivity index (χ3n) is 4.32. The summed E-state index contributed by atoms with van der Waals surface area (Å²) >= 11 is 0. The van der Waals surface area contributed by atoms with E-state index in [0.29, 0.717) is 24.5 Å². The molecule has 3 rings (SSSR count). The zero-order valence-electron chi connectivity index (χ0n) is 14.2. The van der Waals surface area contributed by atoms with Gasteiger partial charge in [-0.1, -0.05) is 12.1 Å². The van der Waals surface area contributed by atoms with Gasteiger partial charge in [-0.05, 0) is 19.2 Å². The van der Waals surface area contributed by atoms with Crippen LogP contribution in [0.1, 0.15) is 12.3 Å². The van der Waals surface area contributed by atoms with E-state index in [-0.39, 0.29) is 5.91 Å². The van der Waals surface area contributed by atoms with E-state index >= 15 is 0 Å². The molecule has 0 spiro atoms. The average molecular weight is 329 g/mol. The van der Waals surface area contributed by atoms with Crippen molar-refractivity contribution in [2.75, 3.05) is 40.3 Å². The summed E-state index contributed by atoms with van der Waals surface area (Å²) in [5, 5.41) is 0. The van der Waals surface area contributed by atoms with E-state index in [4.69, 9.17) is 9.15 Å². The van der Waals surface area contributed by atoms with Crippen molar-refractivity contribution in [3.05, 3.63) is 36.4 Å². The monoisotopic (exact) mass is 329 g/mol. The highest BCUT2D eigenvalue weighted by Crippen LogP contribution is 2.24. The Morgan fingerprint density at radius 3 is 2.83 bits per heavy atom. The summed E-state index contributed by atoms with van der Waals surface area (Å²) < 4.78 is 11.0. The van der Waals surface area contributed by atoms with E-state index in [2.05, 4.69) is 16.9 Å². The molecule has 1 amide bonds. The lowest BCUT2D eigenvalue weighted by atomic mass is 10.2. The fraction of sp³-hybridized carbons (Fsp3) is 0.444. The molecule has 6 heteroatoms. The van der Waals surface area contributed by atoms with Crippen LogP contribution in [0.5, 0.6) is 5.75 Å². The molecular formula is C18H23N3O3. The maximum Gasteiger partial charge on any atom is 0.223 e. The standard InChI is InChI=1S/C18H23N3O3/c1-20-8-10-21(11-9-20)18(22)7-6-17-19-13-16(24-17)14-4-3-5-15(12-14)23-2/h3-5,12-13H,6-11H2,1-2H3. The molecule has 2 heterocycles. The van der Waals surface area contributed by atoms with Crippen molar-refractivity contribution < 1.29 is 13.9 Å². The first-order valence-electron chi connectivity index (χ1n) is 8.21. The Morgan fingerprint density at radius 1 is 1.29 bits per heavy atom. The topological polar surface area (TPSA) is 58.8 Å². The van der Waals surface area contributed by atoms with Gasteiger partial charge in [0.1, 0.15) is 5.75 Å². The molecule has 1 fully saturated rings. The first-order chi connectivity index (χ1) is 11.7. The van der Waals surface area contributed by atoms with Crippen molar-refractivity contribution in [1.82, 2.24) is 14.8 Å². The Bertz CT molecular complexity index is 690. The Kier molecular flexibility index (Phi) is 5.15. The third kappa shape index (κ3) is 3.94. The number of rotatable bonds is 5. The number of carbonyl (C=O) groups excluding carboxylic acids is 1. The van der Waals surface area contributed by atoms with Gasteiger partial charge in [0.05, 0.1) is 13.3 Å². The molecule has 0 unspecified atom stereocenters. The molecule has 0 saturated carbocycles. The molecule has 6 nitrogen and oxygen atoms in total. The third-order valence-corrected chi connectivity index (χ3v) is 4.32. The largest absolute Gasteiger partial charge is 0.497 e. The van der Waals surface area contributed by atoms with Crippen LogP contribution >= 0.6 is 0 Å². The molecule has 1 aromatic heterocycles. The minimum atomic E-state index is 0.171. The Balaban J connectivity index is 1.57. The Hall–Kier alpha value is -2.34. The van der Waals surface area contributed by atoms with Gasteiger partial charge in [0.2, 0.25) is 5.91 Å². The Morgan fingerprint density at radius 2 is 2.08 bits per heavy atom. The summed E-state index contributed by atoms with van der Waals surface area (Å²) in [5.41, 5.74) is 0.915. The van der Waals surface area contributed by atoms with Crippen LogP contribution in [-0.2, 0) is 11.2 Å². The van der Waals surface area contributed by atoms with E-state index in [1.54, 1.807) is 13.3 Å². The van der Waals surface area contributed by atoms with Crippen LogP contribution in [-0.4, -0.2) is 61.0 Å².